The normalized spacial score (nSPS) is 14.2. The first kappa shape index (κ1) is 15.2. The molecule has 94 valence electrons. The Kier molecular flexibility index (Phi) is 8.91. The average molecular weight is 228 g/mol. The molecule has 0 saturated heterocycles. The van der Waals surface area contributed by atoms with Crippen LogP contribution in [-0.4, -0.2) is 18.9 Å². The number of carbonyl (C=O) groups excluding carboxylic acids is 1. The van der Waals surface area contributed by atoms with Crippen LogP contribution in [-0.2, 0) is 14.3 Å². The number of unbranched alkanes of at least 4 members (excludes halogenated alkanes) is 1. The minimum Gasteiger partial charge on any atom is -0.433 e. The van der Waals surface area contributed by atoms with E-state index < -0.39 is 12.3 Å². The fourth-order valence-corrected chi connectivity index (χ4v) is 1.42. The van der Waals surface area contributed by atoms with Crippen molar-refractivity contribution < 1.29 is 14.3 Å². The Bertz CT molecular complexity index is 201. The van der Waals surface area contributed by atoms with Crippen LogP contribution in [0.5, 0.6) is 0 Å². The molecule has 0 spiro atoms. The van der Waals surface area contributed by atoms with Gasteiger partial charge in [0, 0.05) is 6.08 Å². The fraction of sp³-hybridized carbons (Fsp3) is 0.769. The first-order chi connectivity index (χ1) is 7.63. The molecular formula is C13H24O3. The van der Waals surface area contributed by atoms with E-state index in [-0.39, 0.29) is 0 Å². The van der Waals surface area contributed by atoms with E-state index in [1.165, 1.54) is 19.3 Å². The molecule has 3 nitrogen and oxygen atoms in total. The first-order valence-corrected chi connectivity index (χ1v) is 6.08. The molecule has 0 aliphatic carbocycles. The van der Waals surface area contributed by atoms with Gasteiger partial charge in [-0.05, 0) is 19.3 Å². The Balaban J connectivity index is 3.73. The number of rotatable bonds is 9. The molecule has 0 bridgehead atoms. The standard InChI is InChI=1S/C13H24O3/c1-5-8-9-12(6-2)10-15-11(4)16-13(14)7-3/h7,11-12H,3,5-6,8-10H2,1-2,4H3. The topological polar surface area (TPSA) is 35.5 Å². The van der Waals surface area contributed by atoms with Crippen LogP contribution in [0.2, 0.25) is 0 Å². The second-order valence-electron chi connectivity index (χ2n) is 3.96. The third kappa shape index (κ3) is 7.46. The van der Waals surface area contributed by atoms with Crippen LogP contribution >= 0.6 is 0 Å². The van der Waals surface area contributed by atoms with E-state index in [4.69, 9.17) is 9.47 Å². The van der Waals surface area contributed by atoms with E-state index in [1.807, 2.05) is 0 Å². The first-order valence-electron chi connectivity index (χ1n) is 6.08. The van der Waals surface area contributed by atoms with Gasteiger partial charge in [-0.2, -0.15) is 0 Å². The zero-order valence-electron chi connectivity index (χ0n) is 10.7. The second-order valence-corrected chi connectivity index (χ2v) is 3.96. The number of hydrogen-bond acceptors (Lipinski definition) is 3. The molecule has 2 unspecified atom stereocenters. The Labute approximate surface area is 98.8 Å². The van der Waals surface area contributed by atoms with Crippen LogP contribution < -0.4 is 0 Å². The largest absolute Gasteiger partial charge is 0.433 e. The van der Waals surface area contributed by atoms with Gasteiger partial charge >= 0.3 is 5.97 Å². The molecule has 0 aliphatic heterocycles. The van der Waals surface area contributed by atoms with Gasteiger partial charge in [-0.25, -0.2) is 4.79 Å². The smallest absolute Gasteiger partial charge is 0.332 e. The van der Waals surface area contributed by atoms with E-state index in [0.717, 1.165) is 12.5 Å². The number of carbonyl (C=O) groups is 1. The minimum absolute atomic E-state index is 0.436. The van der Waals surface area contributed by atoms with Gasteiger partial charge in [0.2, 0.25) is 0 Å². The molecule has 0 rings (SSSR count). The van der Waals surface area contributed by atoms with Crippen molar-refractivity contribution in [3.05, 3.63) is 12.7 Å². The van der Waals surface area contributed by atoms with Crippen molar-refractivity contribution in [3.63, 3.8) is 0 Å². The summed E-state index contributed by atoms with van der Waals surface area (Å²) in [5, 5.41) is 0. The minimum atomic E-state index is -0.485. The fourth-order valence-electron chi connectivity index (χ4n) is 1.42. The molecule has 3 heteroatoms. The molecule has 0 heterocycles. The second kappa shape index (κ2) is 9.40. The molecule has 0 aromatic heterocycles. The zero-order valence-corrected chi connectivity index (χ0v) is 10.7. The lowest BCUT2D eigenvalue weighted by Gasteiger charge is -2.18. The summed E-state index contributed by atoms with van der Waals surface area (Å²) in [6.07, 6.45) is 5.37. The Morgan fingerprint density at radius 2 is 2.12 bits per heavy atom. The van der Waals surface area contributed by atoms with Gasteiger partial charge in [0.1, 0.15) is 0 Å². The maximum absolute atomic E-state index is 10.9. The highest BCUT2D eigenvalue weighted by Crippen LogP contribution is 2.13. The lowest BCUT2D eigenvalue weighted by Crippen LogP contribution is -2.20. The van der Waals surface area contributed by atoms with Gasteiger partial charge in [-0.1, -0.05) is 39.7 Å². The van der Waals surface area contributed by atoms with Crippen molar-refractivity contribution in [3.8, 4) is 0 Å². The summed E-state index contributed by atoms with van der Waals surface area (Å²) in [5.41, 5.74) is 0. The quantitative estimate of drug-likeness (QED) is 0.345. The lowest BCUT2D eigenvalue weighted by atomic mass is 10.0. The summed E-state index contributed by atoms with van der Waals surface area (Å²) in [5.74, 6) is 0.124. The van der Waals surface area contributed by atoms with Crippen molar-refractivity contribution in [1.82, 2.24) is 0 Å². The SMILES string of the molecule is C=CC(=O)OC(C)OCC(CC)CCCC. The third-order valence-electron chi connectivity index (χ3n) is 2.56. The maximum atomic E-state index is 10.9. The molecule has 0 aliphatic rings. The lowest BCUT2D eigenvalue weighted by molar-refractivity contribution is -0.171. The highest BCUT2D eigenvalue weighted by molar-refractivity contribution is 5.81. The summed E-state index contributed by atoms with van der Waals surface area (Å²) in [4.78, 5) is 10.9. The van der Waals surface area contributed by atoms with Crippen LogP contribution in [0.25, 0.3) is 0 Å². The third-order valence-corrected chi connectivity index (χ3v) is 2.56. The predicted molar refractivity (Wildman–Crippen MR) is 65.0 cm³/mol. The molecule has 2 atom stereocenters. The summed E-state index contributed by atoms with van der Waals surface area (Å²) in [6.45, 7) is 10.1. The van der Waals surface area contributed by atoms with Gasteiger partial charge in [-0.15, -0.1) is 0 Å². The number of esters is 1. The molecule has 0 saturated carbocycles. The summed E-state index contributed by atoms with van der Waals surface area (Å²) < 4.78 is 10.4. The van der Waals surface area contributed by atoms with E-state index in [0.29, 0.717) is 12.5 Å². The molecule has 0 amide bonds. The van der Waals surface area contributed by atoms with Gasteiger partial charge in [0.05, 0.1) is 6.61 Å². The molecule has 0 N–H and O–H groups in total. The van der Waals surface area contributed by atoms with E-state index >= 15 is 0 Å². The molecular weight excluding hydrogens is 204 g/mol. The Hall–Kier alpha value is -0.830. The summed E-state index contributed by atoms with van der Waals surface area (Å²) in [7, 11) is 0. The molecule has 0 fully saturated rings. The molecule has 0 aromatic carbocycles. The summed E-state index contributed by atoms with van der Waals surface area (Å²) in [6, 6.07) is 0. The van der Waals surface area contributed by atoms with Crippen LogP contribution in [0.4, 0.5) is 0 Å². The highest BCUT2D eigenvalue weighted by Gasteiger charge is 2.11. The highest BCUT2D eigenvalue weighted by atomic mass is 16.7. The molecule has 0 aromatic rings. The van der Waals surface area contributed by atoms with Crippen LogP contribution in [0, 0.1) is 5.92 Å². The van der Waals surface area contributed by atoms with Crippen molar-refractivity contribution in [2.24, 2.45) is 5.92 Å². The van der Waals surface area contributed by atoms with E-state index in [1.54, 1.807) is 6.92 Å². The summed E-state index contributed by atoms with van der Waals surface area (Å²) >= 11 is 0. The van der Waals surface area contributed by atoms with Crippen molar-refractivity contribution in [1.29, 1.82) is 0 Å². The van der Waals surface area contributed by atoms with Crippen LogP contribution in [0.1, 0.15) is 46.5 Å². The van der Waals surface area contributed by atoms with Crippen molar-refractivity contribution in [2.45, 2.75) is 52.7 Å². The van der Waals surface area contributed by atoms with E-state index in [2.05, 4.69) is 20.4 Å². The van der Waals surface area contributed by atoms with Gasteiger partial charge < -0.3 is 9.47 Å². The Morgan fingerprint density at radius 3 is 2.62 bits per heavy atom. The van der Waals surface area contributed by atoms with Crippen molar-refractivity contribution in [2.75, 3.05) is 6.61 Å². The predicted octanol–water partition coefficient (Wildman–Crippen LogP) is 3.29. The van der Waals surface area contributed by atoms with Gasteiger partial charge in [-0.3, -0.25) is 0 Å². The van der Waals surface area contributed by atoms with Gasteiger partial charge in [0.25, 0.3) is 0 Å². The zero-order chi connectivity index (χ0) is 12.4. The van der Waals surface area contributed by atoms with Gasteiger partial charge in [0.15, 0.2) is 6.29 Å². The van der Waals surface area contributed by atoms with Crippen LogP contribution in [0.3, 0.4) is 0 Å². The average Bonchev–Trinajstić information content (AvgIpc) is 2.29. The molecule has 0 radical (unpaired) electrons. The number of hydrogen-bond donors (Lipinski definition) is 0. The van der Waals surface area contributed by atoms with Crippen LogP contribution in [0.15, 0.2) is 12.7 Å². The number of ether oxygens (including phenoxy) is 2. The monoisotopic (exact) mass is 228 g/mol. The maximum Gasteiger partial charge on any atom is 0.332 e. The van der Waals surface area contributed by atoms with E-state index in [9.17, 15) is 4.79 Å². The molecule has 16 heavy (non-hydrogen) atoms. The van der Waals surface area contributed by atoms with Crippen molar-refractivity contribution >= 4 is 5.97 Å². The Morgan fingerprint density at radius 1 is 1.44 bits per heavy atom.